The van der Waals surface area contributed by atoms with Crippen molar-refractivity contribution in [1.29, 1.82) is 0 Å². The van der Waals surface area contributed by atoms with Crippen molar-refractivity contribution in [3.05, 3.63) is 35.9 Å². The van der Waals surface area contributed by atoms with Gasteiger partial charge in [0.2, 0.25) is 29.5 Å². The number of aliphatic hydroxyl groups excluding tert-OH is 1. The van der Waals surface area contributed by atoms with Crippen LogP contribution in [0.3, 0.4) is 0 Å². The molecular weight excluding hydrogens is 745 g/mol. The van der Waals surface area contributed by atoms with E-state index in [-0.39, 0.29) is 54.7 Å². The molecule has 0 bridgehead atoms. The van der Waals surface area contributed by atoms with Crippen LogP contribution in [0.5, 0.6) is 0 Å². The minimum absolute atomic E-state index is 0.0288. The van der Waals surface area contributed by atoms with Crippen LogP contribution >= 0.6 is 0 Å². The lowest BCUT2D eigenvalue weighted by atomic mass is 9.89. The summed E-state index contributed by atoms with van der Waals surface area (Å²) in [6, 6.07) is 6.02. The van der Waals surface area contributed by atoms with E-state index in [2.05, 4.69) is 10.6 Å². The topological polar surface area (TPSA) is 204 Å². The van der Waals surface area contributed by atoms with Gasteiger partial charge in [-0.25, -0.2) is 0 Å². The molecule has 1 aliphatic heterocycles. The number of ether oxygens (including phenoxy) is 2. The molecule has 1 saturated heterocycles. The first-order valence-corrected chi connectivity index (χ1v) is 20.9. The number of methoxy groups -OCH3 is 2. The first kappa shape index (κ1) is 50.5. The van der Waals surface area contributed by atoms with E-state index in [0.717, 1.165) is 5.56 Å². The fourth-order valence-electron chi connectivity index (χ4n) is 8.33. The van der Waals surface area contributed by atoms with Gasteiger partial charge in [0.1, 0.15) is 12.1 Å². The summed E-state index contributed by atoms with van der Waals surface area (Å²) in [4.78, 5) is 73.6. The molecule has 0 saturated carbocycles. The highest BCUT2D eigenvalue weighted by Crippen LogP contribution is 2.30. The number of benzene rings is 1. The molecule has 1 aromatic carbocycles. The highest BCUT2D eigenvalue weighted by atomic mass is 16.5. The molecule has 0 unspecified atom stereocenters. The van der Waals surface area contributed by atoms with Crippen molar-refractivity contribution in [2.24, 2.45) is 29.4 Å². The van der Waals surface area contributed by atoms with Gasteiger partial charge in [-0.15, -0.1) is 0 Å². The second-order valence-corrected chi connectivity index (χ2v) is 16.8. The Balaban J connectivity index is 2.27. The molecular formula is C43H74N6O9. The predicted octanol–water partition coefficient (Wildman–Crippen LogP) is 2.31. The summed E-state index contributed by atoms with van der Waals surface area (Å²) in [5.41, 5.74) is 6.53. The van der Waals surface area contributed by atoms with Gasteiger partial charge < -0.3 is 45.9 Å². The van der Waals surface area contributed by atoms with Gasteiger partial charge in [0.15, 0.2) is 6.29 Å². The summed E-state index contributed by atoms with van der Waals surface area (Å²) in [5.74, 6) is -2.98. The number of amides is 5. The van der Waals surface area contributed by atoms with E-state index in [9.17, 15) is 34.2 Å². The molecule has 0 radical (unpaired) electrons. The van der Waals surface area contributed by atoms with Crippen LogP contribution < -0.4 is 16.4 Å². The molecule has 15 nitrogen and oxygen atoms in total. The van der Waals surface area contributed by atoms with E-state index in [1.165, 1.54) is 14.2 Å². The van der Waals surface area contributed by atoms with Crippen LogP contribution in [0.15, 0.2) is 30.3 Å². The zero-order chi connectivity index (χ0) is 43.9. The Morgan fingerprint density at radius 2 is 1.57 bits per heavy atom. The lowest BCUT2D eigenvalue weighted by Gasteiger charge is -2.41. The lowest BCUT2D eigenvalue weighted by Crippen LogP contribution is -2.60. The van der Waals surface area contributed by atoms with Crippen LogP contribution in [-0.2, 0) is 39.9 Å². The fraction of sp³-hybridized carbons (Fsp3) is 0.744. The van der Waals surface area contributed by atoms with Crippen LogP contribution in [0.4, 0.5) is 0 Å². The summed E-state index contributed by atoms with van der Waals surface area (Å²) in [6.45, 7) is 14.3. The van der Waals surface area contributed by atoms with E-state index >= 15 is 0 Å². The molecule has 0 spiro atoms. The summed E-state index contributed by atoms with van der Waals surface area (Å²) in [6.07, 6.45) is 0.124. The van der Waals surface area contributed by atoms with Crippen LogP contribution in [0.2, 0.25) is 0 Å². The molecule has 5 amide bonds. The van der Waals surface area contributed by atoms with Crippen molar-refractivity contribution in [2.75, 3.05) is 41.4 Å². The number of likely N-dealkylation sites (tertiary alicyclic amines) is 1. The highest BCUT2D eigenvalue weighted by molar-refractivity contribution is 5.90. The van der Waals surface area contributed by atoms with E-state index in [0.29, 0.717) is 38.8 Å². The maximum absolute atomic E-state index is 14.4. The summed E-state index contributed by atoms with van der Waals surface area (Å²) < 4.78 is 11.9. The van der Waals surface area contributed by atoms with Crippen LogP contribution in [0, 0.1) is 23.7 Å². The Morgan fingerprint density at radius 1 is 0.931 bits per heavy atom. The van der Waals surface area contributed by atoms with Crippen molar-refractivity contribution in [3.63, 3.8) is 0 Å². The maximum Gasteiger partial charge on any atom is 0.245 e. The van der Waals surface area contributed by atoms with Crippen molar-refractivity contribution in [2.45, 2.75) is 142 Å². The summed E-state index contributed by atoms with van der Waals surface area (Å²) >= 11 is 0. The number of nitrogens with one attached hydrogen (secondary N) is 2. The van der Waals surface area contributed by atoms with E-state index in [1.54, 1.807) is 23.8 Å². The third kappa shape index (κ3) is 14.3. The normalized spacial score (nSPS) is 18.7. The van der Waals surface area contributed by atoms with Crippen molar-refractivity contribution in [1.82, 2.24) is 25.3 Å². The van der Waals surface area contributed by atoms with Crippen LogP contribution in [0.1, 0.15) is 92.6 Å². The third-order valence-electron chi connectivity index (χ3n) is 11.8. The molecule has 1 aromatic rings. The first-order chi connectivity index (χ1) is 27.3. The molecule has 0 aliphatic carbocycles. The van der Waals surface area contributed by atoms with E-state index in [1.807, 2.05) is 83.8 Å². The lowest BCUT2D eigenvalue weighted by molar-refractivity contribution is -0.148. The Bertz CT molecular complexity index is 1450. The van der Waals surface area contributed by atoms with Gasteiger partial charge in [-0.3, -0.25) is 28.9 Å². The van der Waals surface area contributed by atoms with Gasteiger partial charge in [0.05, 0.1) is 42.7 Å². The highest BCUT2D eigenvalue weighted by Gasteiger charge is 2.43. The average Bonchev–Trinajstić information content (AvgIpc) is 3.65. The first-order valence-electron chi connectivity index (χ1n) is 20.9. The molecule has 15 heteroatoms. The van der Waals surface area contributed by atoms with Gasteiger partial charge in [-0.2, -0.15) is 0 Å². The third-order valence-corrected chi connectivity index (χ3v) is 11.8. The number of primary amides is 1. The largest absolute Gasteiger partial charge is 0.379 e. The number of nitrogens with two attached hydrogens (primary N) is 1. The SMILES string of the molecule is CC[C@H](C)[C@@H]([C@@H](CC(=O)N1CCC[C@H]1[C@H](OC)[C@@H](C)C(=O)N[C@@H](Cc1ccccc1)C(N)=O)OC)N(C)C(=O)[C@@H](NC(=O)[C@H](C(C)C)N(C)CCCC(O)O)C(C)C. The number of likely N-dealkylation sites (N-methyl/N-ethyl adjacent to an activating group) is 2. The molecule has 1 fully saturated rings. The Morgan fingerprint density at radius 3 is 2.09 bits per heavy atom. The Kier molecular flexibility index (Phi) is 21.3. The van der Waals surface area contributed by atoms with Crippen molar-refractivity contribution >= 4 is 29.5 Å². The van der Waals surface area contributed by atoms with Gasteiger partial charge in [-0.05, 0) is 62.6 Å². The number of hydrogen-bond donors (Lipinski definition) is 5. The standard InChI is InChI=1S/C43H74N6O9/c1-12-28(6)38(48(9)43(56)36(26(2)3)46-42(55)37(27(4)5)47(8)22-17-21-35(51)52)33(57-10)25-34(50)49-23-16-20-32(49)39(58-11)29(7)41(54)45-31(40(44)53)24-30-18-14-13-15-19-30/h13-15,18-19,26-29,31-33,35-39,51-52H,12,16-17,20-25H2,1-11H3,(H2,44,53)(H,45,54)(H,46,55)/t28-,29+,31-,32-,33+,36-,37-,38-,39+/m0/s1. The molecule has 9 atom stereocenters. The zero-order valence-corrected chi connectivity index (χ0v) is 36.9. The minimum atomic E-state index is -1.42. The number of hydrogen-bond acceptors (Lipinski definition) is 10. The Hall–Kier alpha value is -3.63. The van der Waals surface area contributed by atoms with Crippen LogP contribution in [-0.4, -0.2) is 145 Å². The minimum Gasteiger partial charge on any atom is -0.379 e. The van der Waals surface area contributed by atoms with Gasteiger partial charge in [0.25, 0.3) is 0 Å². The maximum atomic E-state index is 14.4. The van der Waals surface area contributed by atoms with E-state index < -0.39 is 66.4 Å². The quantitative estimate of drug-likeness (QED) is 0.0912. The van der Waals surface area contributed by atoms with Crippen LogP contribution in [0.25, 0.3) is 0 Å². The molecule has 2 rings (SSSR count). The van der Waals surface area contributed by atoms with Gasteiger partial charge in [-0.1, -0.05) is 85.2 Å². The van der Waals surface area contributed by atoms with Crippen molar-refractivity contribution in [3.8, 4) is 0 Å². The zero-order valence-electron chi connectivity index (χ0n) is 36.9. The molecule has 1 aliphatic rings. The second-order valence-electron chi connectivity index (χ2n) is 16.8. The molecule has 58 heavy (non-hydrogen) atoms. The molecule has 0 aromatic heterocycles. The van der Waals surface area contributed by atoms with E-state index in [4.69, 9.17) is 15.2 Å². The monoisotopic (exact) mass is 819 g/mol. The average molecular weight is 819 g/mol. The Labute approximate surface area is 346 Å². The molecule has 1 heterocycles. The van der Waals surface area contributed by atoms with Gasteiger partial charge in [0, 0.05) is 34.2 Å². The van der Waals surface area contributed by atoms with Gasteiger partial charge >= 0.3 is 0 Å². The molecule has 6 N–H and O–H groups in total. The second kappa shape index (κ2) is 24.5. The number of carbonyl (C=O) groups is 5. The number of rotatable bonds is 25. The predicted molar refractivity (Wildman–Crippen MR) is 223 cm³/mol. The number of aliphatic hydroxyl groups is 2. The smallest absolute Gasteiger partial charge is 0.245 e. The number of nitrogens with zero attached hydrogens (tertiary/aromatic N) is 3. The number of carbonyl (C=O) groups excluding carboxylic acids is 5. The summed E-state index contributed by atoms with van der Waals surface area (Å²) in [7, 11) is 6.55. The fourth-order valence-corrected chi connectivity index (χ4v) is 8.33. The van der Waals surface area contributed by atoms with Crippen molar-refractivity contribution < 1.29 is 43.7 Å². The summed E-state index contributed by atoms with van der Waals surface area (Å²) in [5, 5.41) is 24.4. The molecule has 330 valence electrons.